The van der Waals surface area contributed by atoms with Gasteiger partial charge in [-0.05, 0) is 79.9 Å². The maximum Gasteiger partial charge on any atom is 0.179 e. The third-order valence-corrected chi connectivity index (χ3v) is 17.8. The molecule has 0 saturated carbocycles. The first-order valence-corrected chi connectivity index (χ1v) is 23.8. The van der Waals surface area contributed by atoms with Crippen LogP contribution in [0.15, 0.2) is 255 Å². The second kappa shape index (κ2) is 15.2. The van der Waals surface area contributed by atoms with Crippen LogP contribution < -0.4 is 20.7 Å². The fraction of sp³-hybridized carbons (Fsp3) is 0. The Labute approximate surface area is 368 Å². The number of aromatic nitrogens is 2. The number of fused-ring (bicyclic) bond motifs is 6. The zero-order chi connectivity index (χ0) is 41.7. The van der Waals surface area contributed by atoms with E-state index in [2.05, 4.69) is 264 Å². The third-order valence-electron chi connectivity index (χ3n) is 13.1. The van der Waals surface area contributed by atoms with Gasteiger partial charge in [-0.2, -0.15) is 0 Å². The smallest absolute Gasteiger partial charge is 0.179 e. The van der Waals surface area contributed by atoms with E-state index in [1.807, 2.05) is 0 Å². The van der Waals surface area contributed by atoms with E-state index < -0.39 is 8.07 Å². The Morgan fingerprint density at radius 2 is 0.746 bits per heavy atom. The highest BCUT2D eigenvalue weighted by Crippen LogP contribution is 2.40. The normalized spacial score (nSPS) is 11.8. The monoisotopic (exact) mass is 818 g/mol. The fourth-order valence-electron chi connectivity index (χ4n) is 10.3. The van der Waals surface area contributed by atoms with Gasteiger partial charge < -0.3 is 9.13 Å². The van der Waals surface area contributed by atoms with E-state index in [4.69, 9.17) is 0 Å². The van der Waals surface area contributed by atoms with Gasteiger partial charge in [0.05, 0.1) is 27.8 Å². The quantitative estimate of drug-likeness (QED) is 0.107. The molecule has 0 saturated heterocycles. The van der Waals surface area contributed by atoms with Crippen molar-refractivity contribution in [2.24, 2.45) is 0 Å². The summed E-state index contributed by atoms with van der Waals surface area (Å²) in [6.07, 6.45) is 0. The molecule has 0 bridgehead atoms. The first-order valence-electron chi connectivity index (χ1n) is 21.8. The molecule has 0 N–H and O–H groups in total. The van der Waals surface area contributed by atoms with Crippen LogP contribution in [0, 0.1) is 0 Å². The number of para-hydroxylation sites is 2. The molecule has 12 aromatic rings. The van der Waals surface area contributed by atoms with Crippen molar-refractivity contribution in [3.05, 3.63) is 255 Å². The lowest BCUT2D eigenvalue weighted by atomic mass is 10.0. The van der Waals surface area contributed by atoms with Crippen molar-refractivity contribution in [3.8, 4) is 33.6 Å². The molecule has 296 valence electrons. The topological polar surface area (TPSA) is 9.86 Å². The van der Waals surface area contributed by atoms with Crippen molar-refractivity contribution in [3.63, 3.8) is 0 Å². The Morgan fingerprint density at radius 3 is 1.41 bits per heavy atom. The molecular weight excluding hydrogens is 777 g/mol. The lowest BCUT2D eigenvalue weighted by molar-refractivity contribution is 1.16. The maximum atomic E-state index is 2.53. The molecule has 63 heavy (non-hydrogen) atoms. The SMILES string of the molecule is c1ccc(-c2ccc3c(c2)c2ccc([Si](c4ccccc4)(c4ccccc4)c4ccccc4)cc2n3-c2ccc3c4ccccc4n(-c4ccccc4-c4ccccc4)c3c2)cc1. The Kier molecular flexibility index (Phi) is 8.87. The molecule has 2 nitrogen and oxygen atoms in total. The van der Waals surface area contributed by atoms with Gasteiger partial charge in [0.25, 0.3) is 0 Å². The summed E-state index contributed by atoms with van der Waals surface area (Å²) in [7, 11) is -2.83. The van der Waals surface area contributed by atoms with Gasteiger partial charge in [0.1, 0.15) is 0 Å². The number of hydrogen-bond donors (Lipinski definition) is 0. The first-order chi connectivity index (χ1) is 31.3. The van der Waals surface area contributed by atoms with Gasteiger partial charge >= 0.3 is 0 Å². The lowest BCUT2D eigenvalue weighted by Gasteiger charge is -2.34. The summed E-state index contributed by atoms with van der Waals surface area (Å²) >= 11 is 0. The summed E-state index contributed by atoms with van der Waals surface area (Å²) in [6, 6.07) is 94.3. The number of benzene rings is 10. The average molecular weight is 819 g/mol. The Balaban J connectivity index is 1.18. The third kappa shape index (κ3) is 5.93. The van der Waals surface area contributed by atoms with Crippen molar-refractivity contribution in [1.29, 1.82) is 0 Å². The van der Waals surface area contributed by atoms with E-state index >= 15 is 0 Å². The van der Waals surface area contributed by atoms with Gasteiger partial charge in [-0.15, -0.1) is 0 Å². The number of hydrogen-bond acceptors (Lipinski definition) is 0. The molecule has 0 spiro atoms. The first kappa shape index (κ1) is 36.8. The minimum absolute atomic E-state index is 1.12. The molecule has 0 aliphatic heterocycles. The van der Waals surface area contributed by atoms with Crippen LogP contribution in [0.25, 0.3) is 77.2 Å². The molecule has 0 unspecified atom stereocenters. The van der Waals surface area contributed by atoms with E-state index in [0.29, 0.717) is 0 Å². The second-order valence-corrected chi connectivity index (χ2v) is 20.3. The van der Waals surface area contributed by atoms with Crippen molar-refractivity contribution >= 4 is 72.4 Å². The highest BCUT2D eigenvalue weighted by Gasteiger charge is 2.41. The summed E-state index contributed by atoms with van der Waals surface area (Å²) in [5.41, 5.74) is 11.8. The van der Waals surface area contributed by atoms with Gasteiger partial charge in [-0.1, -0.05) is 212 Å². The minimum atomic E-state index is -2.83. The van der Waals surface area contributed by atoms with Crippen LogP contribution in [0.2, 0.25) is 0 Å². The number of rotatable bonds is 8. The van der Waals surface area contributed by atoms with Crippen molar-refractivity contribution in [1.82, 2.24) is 9.13 Å². The van der Waals surface area contributed by atoms with Crippen molar-refractivity contribution in [2.45, 2.75) is 0 Å². The van der Waals surface area contributed by atoms with E-state index in [-0.39, 0.29) is 0 Å². The molecule has 0 atom stereocenters. The fourth-order valence-corrected chi connectivity index (χ4v) is 15.1. The zero-order valence-electron chi connectivity index (χ0n) is 34.6. The van der Waals surface area contributed by atoms with Gasteiger partial charge in [0.15, 0.2) is 8.07 Å². The van der Waals surface area contributed by atoms with Gasteiger partial charge in [-0.25, -0.2) is 0 Å². The van der Waals surface area contributed by atoms with Crippen LogP contribution >= 0.6 is 0 Å². The summed E-state index contributed by atoms with van der Waals surface area (Å²) < 4.78 is 5.00. The van der Waals surface area contributed by atoms with Crippen LogP contribution in [-0.4, -0.2) is 17.2 Å². The van der Waals surface area contributed by atoms with E-state index in [0.717, 1.165) is 11.4 Å². The molecule has 2 heterocycles. The maximum absolute atomic E-state index is 2.83. The lowest BCUT2D eigenvalue weighted by Crippen LogP contribution is -2.74. The van der Waals surface area contributed by atoms with Crippen LogP contribution in [0.1, 0.15) is 0 Å². The summed E-state index contributed by atoms with van der Waals surface area (Å²) in [5, 5.41) is 10.4. The average Bonchev–Trinajstić information content (AvgIpc) is 3.87. The molecule has 3 heteroatoms. The Morgan fingerprint density at radius 1 is 0.254 bits per heavy atom. The molecule has 2 aromatic heterocycles. The van der Waals surface area contributed by atoms with Gasteiger partial charge in [-0.3, -0.25) is 0 Å². The predicted molar refractivity (Wildman–Crippen MR) is 270 cm³/mol. The van der Waals surface area contributed by atoms with Gasteiger partial charge in [0.2, 0.25) is 0 Å². The highest BCUT2D eigenvalue weighted by molar-refractivity contribution is 7.20. The largest absolute Gasteiger partial charge is 0.309 e. The summed E-state index contributed by atoms with van der Waals surface area (Å²) in [4.78, 5) is 0. The van der Waals surface area contributed by atoms with Crippen LogP contribution in [0.4, 0.5) is 0 Å². The molecule has 0 aliphatic rings. The van der Waals surface area contributed by atoms with Crippen LogP contribution in [-0.2, 0) is 0 Å². The van der Waals surface area contributed by atoms with E-state index in [1.54, 1.807) is 0 Å². The van der Waals surface area contributed by atoms with Crippen molar-refractivity contribution < 1.29 is 0 Å². The molecule has 12 rings (SSSR count). The molecular formula is C60H42N2Si. The van der Waals surface area contributed by atoms with E-state index in [1.165, 1.54) is 86.6 Å². The molecule has 0 aliphatic carbocycles. The second-order valence-electron chi connectivity index (χ2n) is 16.5. The predicted octanol–water partition coefficient (Wildman–Crippen LogP) is 12.6. The highest BCUT2D eigenvalue weighted by atomic mass is 28.3. The van der Waals surface area contributed by atoms with Crippen LogP contribution in [0.5, 0.6) is 0 Å². The molecule has 0 fully saturated rings. The standard InChI is InChI=1S/C60H42N2Si/c1-6-20-43(21-7-1)45-34-39-58-55(40-45)54-38-36-50(63(47-24-10-3-11-25-47,48-26-12-4-13-27-48)49-28-14-5-15-29-49)42-60(54)61(58)46-35-37-53-52-31-17-19-33-57(52)62(59(53)41-46)56-32-18-16-30-51(56)44-22-8-2-9-23-44/h1-42H. The van der Waals surface area contributed by atoms with Gasteiger partial charge in [0, 0.05) is 32.8 Å². The zero-order valence-corrected chi connectivity index (χ0v) is 35.6. The van der Waals surface area contributed by atoms with E-state index in [9.17, 15) is 0 Å². The number of nitrogens with zero attached hydrogens (tertiary/aromatic N) is 2. The van der Waals surface area contributed by atoms with Crippen LogP contribution in [0.3, 0.4) is 0 Å². The molecule has 0 amide bonds. The summed E-state index contributed by atoms with van der Waals surface area (Å²) in [6.45, 7) is 0. The van der Waals surface area contributed by atoms with Crippen molar-refractivity contribution in [2.75, 3.05) is 0 Å². The Bertz CT molecular complexity index is 3500. The molecule has 0 radical (unpaired) electrons. The minimum Gasteiger partial charge on any atom is -0.309 e. The molecule has 10 aromatic carbocycles. The summed E-state index contributed by atoms with van der Waals surface area (Å²) in [5.74, 6) is 0. The Hall–Kier alpha value is -7.98.